The summed E-state index contributed by atoms with van der Waals surface area (Å²) >= 11 is 0. The van der Waals surface area contributed by atoms with Crippen molar-refractivity contribution in [2.24, 2.45) is 5.73 Å². The second-order valence-corrected chi connectivity index (χ2v) is 3.75. The molecule has 1 atom stereocenters. The van der Waals surface area contributed by atoms with E-state index in [0.29, 0.717) is 12.5 Å². The number of hydrogen-bond donors (Lipinski definition) is 1. The molecular weight excluding hydrogens is 249 g/mol. The summed E-state index contributed by atoms with van der Waals surface area (Å²) < 4.78 is 42.6. The molecule has 4 nitrogen and oxygen atoms in total. The van der Waals surface area contributed by atoms with E-state index < -0.39 is 17.8 Å². The van der Waals surface area contributed by atoms with E-state index in [4.69, 9.17) is 10.5 Å². The summed E-state index contributed by atoms with van der Waals surface area (Å²) in [5, 5.41) is 0. The predicted molar refractivity (Wildman–Crippen MR) is 58.1 cm³/mol. The zero-order valence-electron chi connectivity index (χ0n) is 9.91. The van der Waals surface area contributed by atoms with Gasteiger partial charge in [0.25, 0.3) is 5.91 Å². The first-order valence-corrected chi connectivity index (χ1v) is 5.30. The number of hydrogen-bond acceptors (Lipinski definition) is 3. The van der Waals surface area contributed by atoms with Crippen LogP contribution in [-0.4, -0.2) is 17.0 Å². The molecule has 1 unspecified atom stereocenters. The quantitative estimate of drug-likeness (QED) is 0.905. The smallest absolute Gasteiger partial charge is 0.433 e. The fourth-order valence-electron chi connectivity index (χ4n) is 1.15. The largest absolute Gasteiger partial charge is 0.474 e. The van der Waals surface area contributed by atoms with Gasteiger partial charge < -0.3 is 10.5 Å². The molecule has 0 saturated heterocycles. The summed E-state index contributed by atoms with van der Waals surface area (Å²) in [4.78, 5) is 14.4. The Kier molecular flexibility index (Phi) is 4.15. The molecule has 1 amide bonds. The van der Waals surface area contributed by atoms with Crippen LogP contribution in [0.3, 0.4) is 0 Å². The maximum absolute atomic E-state index is 12.5. The summed E-state index contributed by atoms with van der Waals surface area (Å²) in [5.41, 5.74) is 3.77. The first-order valence-electron chi connectivity index (χ1n) is 5.30. The molecule has 1 rings (SSSR count). The number of carbonyl (C=O) groups excluding carboxylic acids is 1. The van der Waals surface area contributed by atoms with Crippen LogP contribution in [0.25, 0.3) is 0 Å². The molecule has 0 fully saturated rings. The summed E-state index contributed by atoms with van der Waals surface area (Å²) in [6.45, 7) is 3.45. The van der Waals surface area contributed by atoms with Crippen LogP contribution < -0.4 is 10.5 Å². The summed E-state index contributed by atoms with van der Waals surface area (Å²) in [6, 6.07) is 1.67. The minimum Gasteiger partial charge on any atom is -0.474 e. The maximum atomic E-state index is 12.5. The van der Waals surface area contributed by atoms with Gasteiger partial charge in [0.15, 0.2) is 0 Å². The number of ether oxygens (including phenoxy) is 1. The number of amides is 1. The third kappa shape index (κ3) is 3.35. The molecule has 0 spiro atoms. The van der Waals surface area contributed by atoms with E-state index in [2.05, 4.69) is 4.98 Å². The first kappa shape index (κ1) is 14.3. The number of primary amides is 1. The number of nitrogens with zero attached hydrogens (tertiary/aromatic N) is 1. The van der Waals surface area contributed by atoms with Crippen LogP contribution >= 0.6 is 0 Å². The van der Waals surface area contributed by atoms with Crippen molar-refractivity contribution >= 4 is 5.91 Å². The lowest BCUT2D eigenvalue weighted by molar-refractivity contribution is -0.141. The van der Waals surface area contributed by atoms with Crippen LogP contribution in [0.5, 0.6) is 5.88 Å². The van der Waals surface area contributed by atoms with Gasteiger partial charge in [-0.2, -0.15) is 13.2 Å². The van der Waals surface area contributed by atoms with E-state index in [0.717, 1.165) is 6.07 Å². The minimum atomic E-state index is -4.59. The van der Waals surface area contributed by atoms with E-state index >= 15 is 0 Å². The summed E-state index contributed by atoms with van der Waals surface area (Å²) in [5.74, 6) is -1.26. The van der Waals surface area contributed by atoms with Gasteiger partial charge in [0, 0.05) is 0 Å². The average molecular weight is 262 g/mol. The molecule has 0 aromatic carbocycles. The number of carbonyl (C=O) groups is 1. The van der Waals surface area contributed by atoms with Crippen LogP contribution in [-0.2, 0) is 6.18 Å². The molecule has 0 aliphatic carbocycles. The highest BCUT2D eigenvalue weighted by atomic mass is 19.4. The van der Waals surface area contributed by atoms with Crippen LogP contribution in [0.1, 0.15) is 36.3 Å². The van der Waals surface area contributed by atoms with Gasteiger partial charge in [-0.3, -0.25) is 4.79 Å². The maximum Gasteiger partial charge on any atom is 0.433 e. The zero-order valence-corrected chi connectivity index (χ0v) is 9.91. The Bertz CT molecular complexity index is 446. The van der Waals surface area contributed by atoms with Crippen LogP contribution in [0.15, 0.2) is 12.1 Å². The minimum absolute atomic E-state index is 0.164. The number of rotatable bonds is 4. The lowest BCUT2D eigenvalue weighted by atomic mass is 10.2. The highest BCUT2D eigenvalue weighted by molar-refractivity contribution is 5.95. The van der Waals surface area contributed by atoms with Crippen molar-refractivity contribution in [3.05, 3.63) is 23.4 Å². The van der Waals surface area contributed by atoms with Crippen molar-refractivity contribution in [3.8, 4) is 5.88 Å². The van der Waals surface area contributed by atoms with Gasteiger partial charge in [0.2, 0.25) is 5.88 Å². The molecule has 0 bridgehead atoms. The van der Waals surface area contributed by atoms with E-state index in [1.54, 1.807) is 13.8 Å². The molecule has 0 aliphatic rings. The summed E-state index contributed by atoms with van der Waals surface area (Å²) in [6.07, 6.45) is -4.39. The fraction of sp³-hybridized carbons (Fsp3) is 0.455. The predicted octanol–water partition coefficient (Wildman–Crippen LogP) is 2.38. The molecule has 0 radical (unpaired) electrons. The summed E-state index contributed by atoms with van der Waals surface area (Å²) in [7, 11) is 0. The number of halogens is 3. The third-order valence-electron chi connectivity index (χ3n) is 2.30. The van der Waals surface area contributed by atoms with Crippen molar-refractivity contribution in [1.82, 2.24) is 4.98 Å². The lowest BCUT2D eigenvalue weighted by Crippen LogP contribution is -2.20. The lowest BCUT2D eigenvalue weighted by Gasteiger charge is -2.15. The second-order valence-electron chi connectivity index (χ2n) is 3.75. The third-order valence-corrected chi connectivity index (χ3v) is 2.30. The topological polar surface area (TPSA) is 65.2 Å². The van der Waals surface area contributed by atoms with Gasteiger partial charge in [0.05, 0.1) is 6.10 Å². The molecule has 18 heavy (non-hydrogen) atoms. The molecule has 100 valence electrons. The molecule has 1 aromatic rings. The van der Waals surface area contributed by atoms with Crippen molar-refractivity contribution < 1.29 is 22.7 Å². The van der Waals surface area contributed by atoms with E-state index in [1.165, 1.54) is 0 Å². The van der Waals surface area contributed by atoms with Gasteiger partial charge in [-0.15, -0.1) is 0 Å². The van der Waals surface area contributed by atoms with E-state index in [1.807, 2.05) is 0 Å². The normalized spacial score (nSPS) is 13.2. The van der Waals surface area contributed by atoms with Crippen LogP contribution in [0, 0.1) is 0 Å². The Labute approximate surface area is 102 Å². The molecule has 7 heteroatoms. The van der Waals surface area contributed by atoms with Gasteiger partial charge in [0.1, 0.15) is 11.3 Å². The van der Waals surface area contributed by atoms with E-state index in [9.17, 15) is 18.0 Å². The van der Waals surface area contributed by atoms with Crippen molar-refractivity contribution in [3.63, 3.8) is 0 Å². The molecule has 0 saturated carbocycles. The number of alkyl halides is 3. The first-order chi connectivity index (χ1) is 8.25. The Morgan fingerprint density at radius 3 is 2.56 bits per heavy atom. The zero-order chi connectivity index (χ0) is 13.9. The van der Waals surface area contributed by atoms with Crippen LogP contribution in [0.2, 0.25) is 0 Å². The van der Waals surface area contributed by atoms with Gasteiger partial charge in [-0.05, 0) is 25.5 Å². The molecular formula is C11H13F3N2O2. The molecule has 0 aliphatic heterocycles. The fourth-order valence-corrected chi connectivity index (χ4v) is 1.15. The highest BCUT2D eigenvalue weighted by Gasteiger charge is 2.33. The van der Waals surface area contributed by atoms with Gasteiger partial charge >= 0.3 is 6.18 Å². The Balaban J connectivity index is 3.20. The SMILES string of the molecule is CCC(C)Oc1nc(C(F)(F)F)ccc1C(N)=O. The van der Waals surface area contributed by atoms with Crippen LogP contribution in [0.4, 0.5) is 13.2 Å². The van der Waals surface area contributed by atoms with E-state index in [-0.39, 0.29) is 17.5 Å². The van der Waals surface area contributed by atoms with Crippen molar-refractivity contribution in [1.29, 1.82) is 0 Å². The number of aromatic nitrogens is 1. The van der Waals surface area contributed by atoms with Crippen molar-refractivity contribution in [2.75, 3.05) is 0 Å². The Morgan fingerprint density at radius 2 is 2.11 bits per heavy atom. The Hall–Kier alpha value is -1.79. The van der Waals surface area contributed by atoms with Crippen molar-refractivity contribution in [2.45, 2.75) is 32.5 Å². The van der Waals surface area contributed by atoms with Gasteiger partial charge in [-0.1, -0.05) is 6.92 Å². The molecule has 2 N–H and O–H groups in total. The molecule has 1 heterocycles. The number of nitrogens with two attached hydrogens (primary N) is 1. The number of pyridine rings is 1. The highest BCUT2D eigenvalue weighted by Crippen LogP contribution is 2.30. The standard InChI is InChI=1S/C11H13F3N2O2/c1-3-6(2)18-10-7(9(15)17)4-5-8(16-10)11(12,13)14/h4-6H,3H2,1-2H3,(H2,15,17). The average Bonchev–Trinajstić information content (AvgIpc) is 2.27. The van der Waals surface area contributed by atoms with Gasteiger partial charge in [-0.25, -0.2) is 4.98 Å². The second kappa shape index (κ2) is 5.24. The molecule has 1 aromatic heterocycles. The monoisotopic (exact) mass is 262 g/mol. The Morgan fingerprint density at radius 1 is 1.50 bits per heavy atom.